The van der Waals surface area contributed by atoms with Crippen LogP contribution in [-0.4, -0.2) is 22.2 Å². The van der Waals surface area contributed by atoms with Crippen LogP contribution in [-0.2, 0) is 20.7 Å². The Kier molecular flexibility index (Phi) is 4.43. The SMILES string of the molecule is C[S+]([O-])c1ccc(C2=C(c3ccc(F)cc3)C(=O)C(C)(C)O2)c(F)c1. The molecule has 1 heterocycles. The van der Waals surface area contributed by atoms with E-state index in [4.69, 9.17) is 4.74 Å². The molecule has 1 aliphatic heterocycles. The summed E-state index contributed by atoms with van der Waals surface area (Å²) in [6, 6.07) is 9.53. The molecule has 0 radical (unpaired) electrons. The van der Waals surface area contributed by atoms with E-state index in [9.17, 15) is 18.1 Å². The Labute approximate surface area is 147 Å². The molecule has 1 unspecified atom stereocenters. The van der Waals surface area contributed by atoms with E-state index in [2.05, 4.69) is 0 Å². The van der Waals surface area contributed by atoms with E-state index in [1.807, 2.05) is 0 Å². The fourth-order valence-electron chi connectivity index (χ4n) is 2.68. The molecule has 0 N–H and O–H groups in total. The van der Waals surface area contributed by atoms with Gasteiger partial charge in [0.15, 0.2) is 10.5 Å². The highest BCUT2D eigenvalue weighted by Crippen LogP contribution is 2.42. The van der Waals surface area contributed by atoms with Gasteiger partial charge < -0.3 is 9.29 Å². The molecule has 0 saturated heterocycles. The molecule has 0 fully saturated rings. The number of carbonyl (C=O) groups is 1. The smallest absolute Gasteiger partial charge is 0.210 e. The summed E-state index contributed by atoms with van der Waals surface area (Å²) >= 11 is -1.32. The number of hydrogen-bond donors (Lipinski definition) is 0. The van der Waals surface area contributed by atoms with E-state index >= 15 is 0 Å². The summed E-state index contributed by atoms with van der Waals surface area (Å²) in [6.45, 7) is 3.19. The highest BCUT2D eigenvalue weighted by molar-refractivity contribution is 7.90. The fraction of sp³-hybridized carbons (Fsp3) is 0.211. The molecule has 0 aliphatic carbocycles. The summed E-state index contributed by atoms with van der Waals surface area (Å²) < 4.78 is 45.0. The molecular weight excluding hydrogens is 346 g/mol. The van der Waals surface area contributed by atoms with Crippen LogP contribution >= 0.6 is 0 Å². The van der Waals surface area contributed by atoms with Crippen LogP contribution in [0.3, 0.4) is 0 Å². The number of rotatable bonds is 3. The first-order chi connectivity index (χ1) is 11.7. The minimum atomic E-state index is -1.32. The Balaban J connectivity index is 2.19. The lowest BCUT2D eigenvalue weighted by molar-refractivity contribution is -0.125. The van der Waals surface area contributed by atoms with Crippen molar-refractivity contribution in [3.63, 3.8) is 0 Å². The monoisotopic (exact) mass is 362 g/mol. The van der Waals surface area contributed by atoms with E-state index in [0.717, 1.165) is 0 Å². The summed E-state index contributed by atoms with van der Waals surface area (Å²) in [5.74, 6) is -1.27. The largest absolute Gasteiger partial charge is 0.612 e. The predicted molar refractivity (Wildman–Crippen MR) is 92.1 cm³/mol. The van der Waals surface area contributed by atoms with Gasteiger partial charge in [-0.25, -0.2) is 8.78 Å². The predicted octanol–water partition coefficient (Wildman–Crippen LogP) is 3.95. The van der Waals surface area contributed by atoms with Crippen molar-refractivity contribution in [1.29, 1.82) is 0 Å². The number of carbonyl (C=O) groups excluding carboxylic acids is 1. The van der Waals surface area contributed by atoms with Gasteiger partial charge in [-0.15, -0.1) is 0 Å². The van der Waals surface area contributed by atoms with Crippen molar-refractivity contribution in [1.82, 2.24) is 0 Å². The van der Waals surface area contributed by atoms with Crippen molar-refractivity contribution in [2.75, 3.05) is 6.26 Å². The van der Waals surface area contributed by atoms with Gasteiger partial charge in [0.05, 0.1) is 11.1 Å². The minimum Gasteiger partial charge on any atom is -0.612 e. The molecule has 0 spiro atoms. The van der Waals surface area contributed by atoms with Gasteiger partial charge in [0.2, 0.25) is 5.78 Å². The Hall–Kier alpha value is -2.18. The zero-order valence-electron chi connectivity index (χ0n) is 13.9. The second-order valence-corrected chi connectivity index (χ2v) is 7.63. The molecule has 3 rings (SSSR count). The standard InChI is InChI=1S/C19H16F2O3S/c1-19(2)18(22)16(11-4-6-12(20)7-5-11)17(24-19)14-9-8-13(25(3)23)10-15(14)21/h4-10H,1-3H3. The quantitative estimate of drug-likeness (QED) is 0.777. The summed E-state index contributed by atoms with van der Waals surface area (Å²) in [5.41, 5.74) is -0.395. The Morgan fingerprint density at radius 1 is 1.08 bits per heavy atom. The molecule has 130 valence electrons. The third-order valence-electron chi connectivity index (χ3n) is 4.01. The lowest BCUT2D eigenvalue weighted by Gasteiger charge is -2.18. The van der Waals surface area contributed by atoms with Gasteiger partial charge in [0.1, 0.15) is 23.6 Å². The summed E-state index contributed by atoms with van der Waals surface area (Å²) in [7, 11) is 0. The first-order valence-electron chi connectivity index (χ1n) is 7.58. The van der Waals surface area contributed by atoms with Crippen LogP contribution in [0.5, 0.6) is 0 Å². The molecule has 2 aromatic carbocycles. The third kappa shape index (κ3) is 3.19. The maximum Gasteiger partial charge on any atom is 0.210 e. The molecule has 3 nitrogen and oxygen atoms in total. The van der Waals surface area contributed by atoms with Crippen molar-refractivity contribution < 1.29 is 22.9 Å². The lowest BCUT2D eigenvalue weighted by Crippen LogP contribution is -2.29. The number of ether oxygens (including phenoxy) is 1. The lowest BCUT2D eigenvalue weighted by atomic mass is 9.92. The second kappa shape index (κ2) is 6.28. The highest BCUT2D eigenvalue weighted by Gasteiger charge is 2.43. The molecular formula is C19H16F2O3S. The van der Waals surface area contributed by atoms with Crippen LogP contribution < -0.4 is 0 Å². The van der Waals surface area contributed by atoms with E-state index in [-0.39, 0.29) is 22.7 Å². The molecule has 1 aliphatic rings. The van der Waals surface area contributed by atoms with Crippen LogP contribution in [0.4, 0.5) is 8.78 Å². The Morgan fingerprint density at radius 2 is 1.72 bits per heavy atom. The maximum absolute atomic E-state index is 14.6. The number of hydrogen-bond acceptors (Lipinski definition) is 3. The van der Waals surface area contributed by atoms with E-state index in [1.165, 1.54) is 48.7 Å². The number of benzene rings is 2. The molecule has 0 bridgehead atoms. The molecule has 1 atom stereocenters. The number of Topliss-reactive ketones (excluding diaryl/α,β-unsaturated/α-hetero) is 1. The summed E-state index contributed by atoms with van der Waals surface area (Å²) in [5, 5.41) is 0. The molecule has 2 aromatic rings. The van der Waals surface area contributed by atoms with Crippen LogP contribution in [0.15, 0.2) is 47.4 Å². The van der Waals surface area contributed by atoms with E-state index in [1.54, 1.807) is 13.8 Å². The first kappa shape index (κ1) is 17.6. The van der Waals surface area contributed by atoms with Crippen LogP contribution in [0, 0.1) is 11.6 Å². The van der Waals surface area contributed by atoms with Crippen LogP contribution in [0.25, 0.3) is 11.3 Å². The Bertz CT molecular complexity index is 871. The average molecular weight is 362 g/mol. The van der Waals surface area contributed by atoms with Gasteiger partial charge in [0, 0.05) is 6.07 Å². The van der Waals surface area contributed by atoms with Gasteiger partial charge in [0.25, 0.3) is 0 Å². The van der Waals surface area contributed by atoms with Crippen molar-refractivity contribution >= 4 is 28.3 Å². The van der Waals surface area contributed by atoms with Gasteiger partial charge >= 0.3 is 0 Å². The van der Waals surface area contributed by atoms with Gasteiger partial charge in [-0.3, -0.25) is 4.79 Å². The molecule has 0 saturated carbocycles. The summed E-state index contributed by atoms with van der Waals surface area (Å²) in [6.07, 6.45) is 1.45. The molecule has 6 heteroatoms. The van der Waals surface area contributed by atoms with Gasteiger partial charge in [-0.05, 0) is 54.9 Å². The zero-order valence-corrected chi connectivity index (χ0v) is 14.7. The maximum atomic E-state index is 14.6. The van der Waals surface area contributed by atoms with Crippen molar-refractivity contribution in [2.45, 2.75) is 24.3 Å². The highest BCUT2D eigenvalue weighted by atomic mass is 32.2. The molecule has 25 heavy (non-hydrogen) atoms. The minimum absolute atomic E-state index is 0.104. The van der Waals surface area contributed by atoms with Crippen LogP contribution in [0.2, 0.25) is 0 Å². The Morgan fingerprint density at radius 3 is 2.28 bits per heavy atom. The van der Waals surface area contributed by atoms with Crippen LogP contribution in [0.1, 0.15) is 25.0 Å². The summed E-state index contributed by atoms with van der Waals surface area (Å²) in [4.78, 5) is 13.1. The normalized spacial score (nSPS) is 17.6. The second-order valence-electron chi connectivity index (χ2n) is 6.25. The topological polar surface area (TPSA) is 49.4 Å². The zero-order chi connectivity index (χ0) is 18.4. The van der Waals surface area contributed by atoms with Gasteiger partial charge in [-0.1, -0.05) is 12.1 Å². The van der Waals surface area contributed by atoms with Crippen molar-refractivity contribution in [3.05, 3.63) is 65.2 Å². The number of halogens is 2. The third-order valence-corrected chi connectivity index (χ3v) is 4.93. The first-order valence-corrected chi connectivity index (χ1v) is 9.14. The van der Waals surface area contributed by atoms with E-state index in [0.29, 0.717) is 10.5 Å². The van der Waals surface area contributed by atoms with Crippen molar-refractivity contribution in [2.24, 2.45) is 0 Å². The fourth-order valence-corrected chi connectivity index (χ4v) is 3.21. The van der Waals surface area contributed by atoms with E-state index < -0.39 is 28.4 Å². The molecule has 0 aromatic heterocycles. The van der Waals surface area contributed by atoms with Crippen molar-refractivity contribution in [3.8, 4) is 0 Å². The number of ketones is 1. The van der Waals surface area contributed by atoms with Gasteiger partial charge in [-0.2, -0.15) is 0 Å². The molecule has 0 amide bonds. The average Bonchev–Trinajstić information content (AvgIpc) is 2.78.